The Balaban J connectivity index is 1.51. The lowest BCUT2D eigenvalue weighted by Gasteiger charge is -2.51. The van der Waals surface area contributed by atoms with Crippen molar-refractivity contribution in [1.82, 2.24) is 15.2 Å². The summed E-state index contributed by atoms with van der Waals surface area (Å²) >= 11 is 5.49. The average Bonchev–Trinajstić information content (AvgIpc) is 2.90. The predicted octanol–water partition coefficient (Wildman–Crippen LogP) is 7.04. The quantitative estimate of drug-likeness (QED) is 0.249. The molecular weight excluding hydrogens is 554 g/mol. The molecule has 6 rings (SSSR count). The highest BCUT2D eigenvalue weighted by molar-refractivity contribution is 7.80. The first kappa shape index (κ1) is 28.4. The van der Waals surface area contributed by atoms with Gasteiger partial charge in [0.15, 0.2) is 5.11 Å². The topological polar surface area (TPSA) is 49.4 Å². The number of nitrogens with zero attached hydrogens (tertiary/aromatic N) is 2. The Kier molecular flexibility index (Phi) is 7.60. The first-order chi connectivity index (χ1) is 18.8. The molecule has 3 aromatic rings. The van der Waals surface area contributed by atoms with E-state index in [4.69, 9.17) is 17.0 Å². The number of ether oxygens (including phenoxy) is 1. The zero-order valence-corrected chi connectivity index (χ0v) is 22.6. The summed E-state index contributed by atoms with van der Waals surface area (Å²) in [6.45, 7) is 4.01. The highest BCUT2D eigenvalue weighted by Crippen LogP contribution is 2.42. The van der Waals surface area contributed by atoms with Crippen LogP contribution in [0.2, 0.25) is 0 Å². The fourth-order valence-electron chi connectivity index (χ4n) is 5.95. The number of benzene rings is 2. The molecule has 4 heterocycles. The standard InChI is InChI=1S/C28H28F6N4OS/c1-15-14-38-8-6-16(15)9-24(38)25(21-5-7-35-23-4-3-20(39-2)13-22(21)23)37-26(40)36-19-11-17(27(29,30)31)10-18(12-19)28(32,33)34/h3-5,7,10-13,15-16,24-25H,6,8-9,14H2,1-2H3,(H2,36,37,40)/t15?,16?,24-,25+/m0/s1. The van der Waals surface area contributed by atoms with E-state index in [2.05, 4.69) is 27.4 Å². The average molecular weight is 583 g/mol. The molecule has 3 fully saturated rings. The summed E-state index contributed by atoms with van der Waals surface area (Å²) in [5.41, 5.74) is -1.65. The molecule has 2 N–H and O–H groups in total. The molecule has 2 bridgehead atoms. The SMILES string of the molecule is COc1ccc2nccc([C@@H](NC(=S)Nc3cc(C(F)(F)F)cc(C(F)(F)F)c3)[C@@H]3CC4CCN3CC4C)c2c1. The van der Waals surface area contributed by atoms with E-state index in [1.807, 2.05) is 18.2 Å². The number of halogens is 6. The van der Waals surface area contributed by atoms with Crippen LogP contribution in [0.1, 0.15) is 42.5 Å². The Bertz CT molecular complexity index is 1380. The molecule has 0 amide bonds. The van der Waals surface area contributed by atoms with Crippen LogP contribution in [0.15, 0.2) is 48.7 Å². The second-order valence-electron chi connectivity index (χ2n) is 10.5. The highest BCUT2D eigenvalue weighted by Gasteiger charge is 2.43. The van der Waals surface area contributed by atoms with Crippen molar-refractivity contribution in [2.45, 2.75) is 44.2 Å². The van der Waals surface area contributed by atoms with Crippen LogP contribution in [0.3, 0.4) is 0 Å². The molecule has 3 aliphatic rings. The highest BCUT2D eigenvalue weighted by atomic mass is 32.1. The molecule has 0 saturated carbocycles. The second kappa shape index (κ2) is 10.7. The fourth-order valence-corrected chi connectivity index (χ4v) is 6.19. The van der Waals surface area contributed by atoms with Crippen molar-refractivity contribution in [1.29, 1.82) is 0 Å². The number of fused-ring (bicyclic) bond motifs is 4. The van der Waals surface area contributed by atoms with Gasteiger partial charge in [-0.15, -0.1) is 0 Å². The van der Waals surface area contributed by atoms with Gasteiger partial charge in [0.05, 0.1) is 29.8 Å². The van der Waals surface area contributed by atoms with Crippen molar-refractivity contribution in [2.24, 2.45) is 11.8 Å². The summed E-state index contributed by atoms with van der Waals surface area (Å²) < 4.78 is 85.9. The van der Waals surface area contributed by atoms with Crippen molar-refractivity contribution in [3.8, 4) is 5.75 Å². The van der Waals surface area contributed by atoms with Gasteiger partial charge in [-0.1, -0.05) is 6.92 Å². The van der Waals surface area contributed by atoms with Gasteiger partial charge in [0.2, 0.25) is 0 Å². The summed E-state index contributed by atoms with van der Waals surface area (Å²) in [4.78, 5) is 6.84. The number of hydrogen-bond acceptors (Lipinski definition) is 4. The molecule has 3 aliphatic heterocycles. The molecule has 3 unspecified atom stereocenters. The lowest BCUT2D eigenvalue weighted by Crippen LogP contribution is -2.57. The van der Waals surface area contributed by atoms with Crippen LogP contribution in [-0.4, -0.2) is 41.2 Å². The predicted molar refractivity (Wildman–Crippen MR) is 144 cm³/mol. The van der Waals surface area contributed by atoms with E-state index in [0.717, 1.165) is 42.4 Å². The number of anilines is 1. The van der Waals surface area contributed by atoms with Crippen LogP contribution < -0.4 is 15.4 Å². The lowest BCUT2D eigenvalue weighted by atomic mass is 9.73. The third-order valence-electron chi connectivity index (χ3n) is 7.96. The van der Waals surface area contributed by atoms with Crippen molar-refractivity contribution in [2.75, 3.05) is 25.5 Å². The molecule has 0 spiro atoms. The Morgan fingerprint density at radius 2 is 1.75 bits per heavy atom. The van der Waals surface area contributed by atoms with Crippen LogP contribution in [0.25, 0.3) is 10.9 Å². The first-order valence-electron chi connectivity index (χ1n) is 12.9. The van der Waals surface area contributed by atoms with E-state index in [-0.39, 0.29) is 17.2 Å². The number of pyridine rings is 1. The van der Waals surface area contributed by atoms with Gasteiger partial charge in [-0.2, -0.15) is 26.3 Å². The summed E-state index contributed by atoms with van der Waals surface area (Å²) in [6.07, 6.45) is -6.30. The molecule has 0 aliphatic carbocycles. The smallest absolute Gasteiger partial charge is 0.416 e. The van der Waals surface area contributed by atoms with E-state index in [1.54, 1.807) is 19.4 Å². The van der Waals surface area contributed by atoms with Gasteiger partial charge in [-0.05, 0) is 91.5 Å². The van der Waals surface area contributed by atoms with Gasteiger partial charge in [-0.25, -0.2) is 0 Å². The van der Waals surface area contributed by atoms with E-state index < -0.39 is 35.2 Å². The summed E-state index contributed by atoms with van der Waals surface area (Å²) in [5.74, 6) is 1.65. The van der Waals surface area contributed by atoms with E-state index in [1.165, 1.54) is 0 Å². The van der Waals surface area contributed by atoms with Crippen LogP contribution >= 0.6 is 12.2 Å². The fraction of sp³-hybridized carbons (Fsp3) is 0.429. The third-order valence-corrected chi connectivity index (χ3v) is 8.18. The van der Waals surface area contributed by atoms with Crippen LogP contribution in [-0.2, 0) is 12.4 Å². The summed E-state index contributed by atoms with van der Waals surface area (Å²) in [6, 6.07) is 8.28. The number of methoxy groups -OCH3 is 1. The Morgan fingerprint density at radius 3 is 2.33 bits per heavy atom. The Labute approximate surface area is 232 Å². The van der Waals surface area contributed by atoms with Gasteiger partial charge in [0.25, 0.3) is 0 Å². The number of rotatable bonds is 5. The molecule has 5 nitrogen and oxygen atoms in total. The molecule has 1 aromatic heterocycles. The molecule has 40 heavy (non-hydrogen) atoms. The zero-order chi connectivity index (χ0) is 28.8. The van der Waals surface area contributed by atoms with Crippen molar-refractivity contribution in [3.63, 3.8) is 0 Å². The lowest BCUT2D eigenvalue weighted by molar-refractivity contribution is -0.143. The van der Waals surface area contributed by atoms with Crippen molar-refractivity contribution < 1.29 is 31.1 Å². The molecular formula is C28H28F6N4OS. The maximum atomic E-state index is 13.4. The molecule has 214 valence electrons. The van der Waals surface area contributed by atoms with E-state index >= 15 is 0 Å². The Morgan fingerprint density at radius 1 is 1.05 bits per heavy atom. The van der Waals surface area contributed by atoms with Crippen molar-refractivity contribution >= 4 is 33.9 Å². The van der Waals surface area contributed by atoms with Crippen LogP contribution in [0.5, 0.6) is 5.75 Å². The van der Waals surface area contributed by atoms with E-state index in [0.29, 0.717) is 29.7 Å². The molecule has 5 atom stereocenters. The number of thiocarbonyl (C=S) groups is 1. The maximum Gasteiger partial charge on any atom is 0.416 e. The molecule has 2 aromatic carbocycles. The van der Waals surface area contributed by atoms with E-state index in [9.17, 15) is 26.3 Å². The minimum absolute atomic E-state index is 0.00116. The number of nitrogens with one attached hydrogen (secondary N) is 2. The minimum Gasteiger partial charge on any atom is -0.497 e. The minimum atomic E-state index is -4.96. The number of piperidine rings is 3. The van der Waals surface area contributed by atoms with Gasteiger partial charge < -0.3 is 15.4 Å². The number of hydrogen-bond donors (Lipinski definition) is 2. The van der Waals surface area contributed by atoms with Gasteiger partial charge in [-0.3, -0.25) is 9.88 Å². The summed E-state index contributed by atoms with van der Waals surface area (Å²) in [7, 11) is 1.56. The molecule has 3 saturated heterocycles. The number of aromatic nitrogens is 1. The zero-order valence-electron chi connectivity index (χ0n) is 21.7. The van der Waals surface area contributed by atoms with Gasteiger partial charge in [0.1, 0.15) is 5.75 Å². The third kappa shape index (κ3) is 5.83. The van der Waals surface area contributed by atoms with Gasteiger partial charge >= 0.3 is 12.4 Å². The number of alkyl halides is 6. The first-order valence-corrected chi connectivity index (χ1v) is 13.3. The normalized spacial score (nSPS) is 23.6. The van der Waals surface area contributed by atoms with Crippen molar-refractivity contribution in [3.05, 3.63) is 65.4 Å². The van der Waals surface area contributed by atoms with Gasteiger partial charge in [0, 0.05) is 29.9 Å². The van der Waals surface area contributed by atoms with Crippen LogP contribution in [0.4, 0.5) is 32.0 Å². The largest absolute Gasteiger partial charge is 0.497 e. The molecule has 12 heteroatoms. The second-order valence-corrected chi connectivity index (χ2v) is 10.9. The Hall–Kier alpha value is -3.12. The summed E-state index contributed by atoms with van der Waals surface area (Å²) in [5, 5.41) is 6.57. The molecule has 0 radical (unpaired) electrons. The maximum absolute atomic E-state index is 13.4. The van der Waals surface area contributed by atoms with Crippen LogP contribution in [0, 0.1) is 11.8 Å². The monoisotopic (exact) mass is 582 g/mol.